The normalized spacial score (nSPS) is 16.2. The van der Waals surface area contributed by atoms with Gasteiger partial charge in [-0.05, 0) is 6.42 Å². The maximum Gasteiger partial charge on any atom is 0.241 e. The number of hydrogen-bond donors (Lipinski definition) is 1. The molecule has 0 saturated carbocycles. The first-order chi connectivity index (χ1) is 7.97. The van der Waals surface area contributed by atoms with E-state index in [-0.39, 0.29) is 23.8 Å². The van der Waals surface area contributed by atoms with Gasteiger partial charge in [0.1, 0.15) is 6.54 Å². The molecule has 0 atom stereocenters. The van der Waals surface area contributed by atoms with Gasteiger partial charge in [-0.3, -0.25) is 9.59 Å². The Morgan fingerprint density at radius 1 is 1.35 bits per heavy atom. The second kappa shape index (κ2) is 6.03. The molecule has 0 bridgehead atoms. The zero-order valence-corrected chi connectivity index (χ0v) is 11.2. The van der Waals surface area contributed by atoms with E-state index >= 15 is 0 Å². The van der Waals surface area contributed by atoms with Crippen LogP contribution in [0.15, 0.2) is 0 Å². The molecular weight excluding hydrogens is 216 g/mol. The number of nitrogens with zero attached hydrogens (tertiary/aromatic N) is 1. The van der Waals surface area contributed by atoms with Gasteiger partial charge in [0.05, 0.1) is 6.67 Å². The van der Waals surface area contributed by atoms with Crippen molar-refractivity contribution in [1.82, 2.24) is 10.2 Å². The van der Waals surface area contributed by atoms with Crippen molar-refractivity contribution in [2.24, 2.45) is 5.41 Å². The van der Waals surface area contributed by atoms with Crippen molar-refractivity contribution in [3.63, 3.8) is 0 Å². The van der Waals surface area contributed by atoms with Crippen LogP contribution >= 0.6 is 0 Å². The van der Waals surface area contributed by atoms with E-state index in [1.165, 1.54) is 19.3 Å². The Bertz CT molecular complexity index is 287. The van der Waals surface area contributed by atoms with Gasteiger partial charge in [-0.15, -0.1) is 0 Å². The number of hydrogen-bond acceptors (Lipinski definition) is 2. The lowest BCUT2D eigenvalue weighted by Crippen LogP contribution is -2.40. The third-order valence-corrected chi connectivity index (χ3v) is 3.32. The van der Waals surface area contributed by atoms with Gasteiger partial charge in [-0.1, -0.05) is 46.5 Å². The summed E-state index contributed by atoms with van der Waals surface area (Å²) in [7, 11) is 0. The fraction of sp³-hybridized carbons (Fsp3) is 0.846. The molecule has 1 saturated heterocycles. The second-order valence-electron chi connectivity index (χ2n) is 5.46. The zero-order chi connectivity index (χ0) is 12.9. The van der Waals surface area contributed by atoms with E-state index in [9.17, 15) is 9.59 Å². The summed E-state index contributed by atoms with van der Waals surface area (Å²) in [6.07, 6.45) is 5.61. The predicted molar refractivity (Wildman–Crippen MR) is 67.3 cm³/mol. The van der Waals surface area contributed by atoms with Gasteiger partial charge < -0.3 is 10.2 Å². The topological polar surface area (TPSA) is 49.4 Å². The number of rotatable bonds is 6. The van der Waals surface area contributed by atoms with Gasteiger partial charge in [-0.2, -0.15) is 0 Å². The molecule has 0 aromatic heterocycles. The first-order valence-corrected chi connectivity index (χ1v) is 6.53. The van der Waals surface area contributed by atoms with Gasteiger partial charge in [0.15, 0.2) is 0 Å². The van der Waals surface area contributed by atoms with Crippen molar-refractivity contribution in [2.45, 2.75) is 52.9 Å². The summed E-state index contributed by atoms with van der Waals surface area (Å²) in [6.45, 7) is 6.72. The van der Waals surface area contributed by atoms with Crippen LogP contribution in [0.3, 0.4) is 0 Å². The summed E-state index contributed by atoms with van der Waals surface area (Å²) < 4.78 is 0. The lowest BCUT2D eigenvalue weighted by molar-refractivity contribution is -0.140. The molecule has 1 N–H and O–H groups in total. The van der Waals surface area contributed by atoms with Crippen LogP contribution < -0.4 is 5.32 Å². The molecule has 17 heavy (non-hydrogen) atoms. The van der Waals surface area contributed by atoms with Crippen molar-refractivity contribution in [3.8, 4) is 0 Å². The lowest BCUT2D eigenvalue weighted by atomic mass is 9.85. The number of amides is 2. The molecule has 0 unspecified atom stereocenters. The highest BCUT2D eigenvalue weighted by atomic mass is 16.2. The fourth-order valence-corrected chi connectivity index (χ4v) is 2.14. The van der Waals surface area contributed by atoms with Crippen LogP contribution in [-0.4, -0.2) is 29.9 Å². The first-order valence-electron chi connectivity index (χ1n) is 6.53. The van der Waals surface area contributed by atoms with Gasteiger partial charge in [0.2, 0.25) is 11.8 Å². The smallest absolute Gasteiger partial charge is 0.241 e. The quantitative estimate of drug-likeness (QED) is 0.721. The molecule has 0 spiro atoms. The fourth-order valence-electron chi connectivity index (χ4n) is 2.14. The Kier molecular flexibility index (Phi) is 4.97. The van der Waals surface area contributed by atoms with Gasteiger partial charge in [0.25, 0.3) is 0 Å². The van der Waals surface area contributed by atoms with Gasteiger partial charge in [0, 0.05) is 5.41 Å². The molecule has 1 fully saturated rings. The highest BCUT2D eigenvalue weighted by Crippen LogP contribution is 2.27. The van der Waals surface area contributed by atoms with Crippen LogP contribution in [0.25, 0.3) is 0 Å². The van der Waals surface area contributed by atoms with Crippen LogP contribution in [0, 0.1) is 5.41 Å². The van der Waals surface area contributed by atoms with E-state index in [1.54, 1.807) is 4.90 Å². The molecule has 1 rings (SSSR count). The largest absolute Gasteiger partial charge is 0.337 e. The van der Waals surface area contributed by atoms with E-state index in [4.69, 9.17) is 0 Å². The van der Waals surface area contributed by atoms with Gasteiger partial charge >= 0.3 is 0 Å². The van der Waals surface area contributed by atoms with E-state index in [2.05, 4.69) is 12.2 Å². The highest BCUT2D eigenvalue weighted by Gasteiger charge is 2.34. The molecule has 0 aromatic carbocycles. The average Bonchev–Trinajstić information content (AvgIpc) is 2.70. The molecule has 4 nitrogen and oxygen atoms in total. The van der Waals surface area contributed by atoms with Crippen LogP contribution in [-0.2, 0) is 9.59 Å². The van der Waals surface area contributed by atoms with E-state index in [0.717, 1.165) is 12.8 Å². The molecular formula is C13H24N2O2. The third-order valence-electron chi connectivity index (χ3n) is 3.32. The highest BCUT2D eigenvalue weighted by molar-refractivity contribution is 5.90. The predicted octanol–water partition coefficient (Wildman–Crippen LogP) is 1.90. The standard InChI is InChI=1S/C13H24N2O2/c1-4-5-6-7-8-13(2,3)12(17)15-9-11(16)14-10-15/h4-10H2,1-3H3,(H,14,16). The third kappa shape index (κ3) is 4.02. The molecule has 1 aliphatic heterocycles. The molecule has 98 valence electrons. The molecule has 1 heterocycles. The SMILES string of the molecule is CCCCCCC(C)(C)C(=O)N1CNC(=O)C1. The van der Waals surface area contributed by atoms with Crippen LogP contribution in [0.4, 0.5) is 0 Å². The van der Waals surface area contributed by atoms with E-state index < -0.39 is 0 Å². The minimum Gasteiger partial charge on any atom is -0.337 e. The number of carbonyl (C=O) groups excluding carboxylic acids is 2. The van der Waals surface area contributed by atoms with Crippen molar-refractivity contribution in [3.05, 3.63) is 0 Å². The number of nitrogens with one attached hydrogen (secondary N) is 1. The van der Waals surface area contributed by atoms with Crippen molar-refractivity contribution in [1.29, 1.82) is 0 Å². The van der Waals surface area contributed by atoms with E-state index in [1.807, 2.05) is 13.8 Å². The Morgan fingerprint density at radius 3 is 2.59 bits per heavy atom. The zero-order valence-electron chi connectivity index (χ0n) is 11.2. The Labute approximate surface area is 104 Å². The van der Waals surface area contributed by atoms with Crippen LogP contribution in [0.5, 0.6) is 0 Å². The maximum absolute atomic E-state index is 12.2. The minimum atomic E-state index is -0.347. The molecule has 0 aromatic rings. The Balaban J connectivity index is 2.40. The summed E-state index contributed by atoms with van der Waals surface area (Å²) >= 11 is 0. The number of carbonyl (C=O) groups is 2. The van der Waals surface area contributed by atoms with Gasteiger partial charge in [-0.25, -0.2) is 0 Å². The number of unbranched alkanes of at least 4 members (excludes halogenated alkanes) is 3. The minimum absolute atomic E-state index is 0.0554. The van der Waals surface area contributed by atoms with Crippen LogP contribution in [0.2, 0.25) is 0 Å². The Morgan fingerprint density at radius 2 is 2.06 bits per heavy atom. The van der Waals surface area contributed by atoms with Crippen molar-refractivity contribution < 1.29 is 9.59 Å². The van der Waals surface area contributed by atoms with Crippen molar-refractivity contribution in [2.75, 3.05) is 13.2 Å². The summed E-state index contributed by atoms with van der Waals surface area (Å²) in [5.74, 6) is 0.0347. The molecule has 0 radical (unpaired) electrons. The second-order valence-corrected chi connectivity index (χ2v) is 5.46. The summed E-state index contributed by atoms with van der Waals surface area (Å²) in [5, 5.41) is 2.67. The average molecular weight is 240 g/mol. The monoisotopic (exact) mass is 240 g/mol. The molecule has 2 amide bonds. The molecule has 0 aliphatic carbocycles. The van der Waals surface area contributed by atoms with Crippen molar-refractivity contribution >= 4 is 11.8 Å². The molecule has 1 aliphatic rings. The summed E-state index contributed by atoms with van der Waals surface area (Å²) in [4.78, 5) is 24.9. The maximum atomic E-state index is 12.2. The summed E-state index contributed by atoms with van der Waals surface area (Å²) in [5.41, 5.74) is -0.347. The lowest BCUT2D eigenvalue weighted by Gasteiger charge is -2.28. The first kappa shape index (κ1) is 14.0. The van der Waals surface area contributed by atoms with Crippen LogP contribution in [0.1, 0.15) is 52.9 Å². The molecule has 4 heteroatoms. The van der Waals surface area contributed by atoms with E-state index in [0.29, 0.717) is 6.67 Å². The summed E-state index contributed by atoms with van der Waals surface area (Å²) in [6, 6.07) is 0. The Hall–Kier alpha value is -1.06.